The van der Waals surface area contributed by atoms with Crippen molar-refractivity contribution in [3.8, 4) is 5.69 Å². The van der Waals surface area contributed by atoms with Gasteiger partial charge in [0.05, 0.1) is 11.4 Å². The van der Waals surface area contributed by atoms with Crippen LogP contribution in [0.3, 0.4) is 0 Å². The van der Waals surface area contributed by atoms with Crippen molar-refractivity contribution in [2.75, 3.05) is 6.54 Å². The zero-order valence-corrected chi connectivity index (χ0v) is 11.4. The van der Waals surface area contributed by atoms with Gasteiger partial charge in [0.15, 0.2) is 0 Å². The highest BCUT2D eigenvalue weighted by Gasteiger charge is 2.06. The number of aromatic nitrogens is 2. The van der Waals surface area contributed by atoms with E-state index in [4.69, 9.17) is 5.73 Å². The van der Waals surface area contributed by atoms with Crippen LogP contribution in [0.15, 0.2) is 30.5 Å². The van der Waals surface area contributed by atoms with E-state index < -0.39 is 0 Å². The molecule has 0 radical (unpaired) electrons. The summed E-state index contributed by atoms with van der Waals surface area (Å²) in [5.74, 6) is 0.561. The Morgan fingerprint density at radius 1 is 1.22 bits per heavy atom. The Morgan fingerprint density at radius 3 is 2.44 bits per heavy atom. The summed E-state index contributed by atoms with van der Waals surface area (Å²) in [5, 5.41) is 4.54. The number of benzene rings is 1. The molecule has 1 aromatic heterocycles. The zero-order chi connectivity index (χ0) is 13.1. The van der Waals surface area contributed by atoms with Gasteiger partial charge in [0.25, 0.3) is 0 Å². The molecule has 1 heterocycles. The molecule has 0 aliphatic carbocycles. The van der Waals surface area contributed by atoms with Crippen LogP contribution in [0.2, 0.25) is 0 Å². The number of hydrogen-bond acceptors (Lipinski definition) is 2. The van der Waals surface area contributed by atoms with Crippen molar-refractivity contribution in [2.45, 2.75) is 33.1 Å². The van der Waals surface area contributed by atoms with E-state index >= 15 is 0 Å². The molecule has 0 aliphatic heterocycles. The van der Waals surface area contributed by atoms with Gasteiger partial charge in [-0.1, -0.05) is 26.0 Å². The third-order valence-corrected chi connectivity index (χ3v) is 3.24. The molecule has 18 heavy (non-hydrogen) atoms. The van der Waals surface area contributed by atoms with Gasteiger partial charge in [-0.25, -0.2) is 4.68 Å². The summed E-state index contributed by atoms with van der Waals surface area (Å²) >= 11 is 0. The number of hydrogen-bond donors (Lipinski definition) is 1. The van der Waals surface area contributed by atoms with E-state index in [2.05, 4.69) is 49.4 Å². The lowest BCUT2D eigenvalue weighted by molar-refractivity contribution is 0.846. The zero-order valence-electron chi connectivity index (χ0n) is 11.4. The van der Waals surface area contributed by atoms with E-state index in [0.717, 1.165) is 17.8 Å². The Balaban J connectivity index is 2.28. The van der Waals surface area contributed by atoms with E-state index in [1.807, 2.05) is 11.6 Å². The minimum atomic E-state index is 0.561. The topological polar surface area (TPSA) is 43.8 Å². The van der Waals surface area contributed by atoms with Gasteiger partial charge in [-0.2, -0.15) is 5.10 Å². The molecule has 0 unspecified atom stereocenters. The van der Waals surface area contributed by atoms with E-state index in [1.165, 1.54) is 11.1 Å². The molecule has 0 fully saturated rings. The maximum atomic E-state index is 5.59. The van der Waals surface area contributed by atoms with Crippen LogP contribution in [0.5, 0.6) is 0 Å². The lowest BCUT2D eigenvalue weighted by Gasteiger charge is -2.06. The molecule has 0 aliphatic rings. The number of nitrogens with two attached hydrogens (primary N) is 1. The average Bonchev–Trinajstić information content (AvgIpc) is 2.72. The maximum absolute atomic E-state index is 5.59. The summed E-state index contributed by atoms with van der Waals surface area (Å²) in [6.07, 6.45) is 2.96. The molecular weight excluding hydrogens is 222 g/mol. The lowest BCUT2D eigenvalue weighted by Crippen LogP contribution is -2.02. The van der Waals surface area contributed by atoms with Crippen LogP contribution in [0.25, 0.3) is 5.69 Å². The van der Waals surface area contributed by atoms with Crippen molar-refractivity contribution < 1.29 is 0 Å². The molecule has 96 valence electrons. The standard InChI is InChI=1S/C15H21N3/c1-11(2)13-4-6-15(7-5-13)18-10-14(8-9-16)12(3)17-18/h4-7,10-11H,8-9,16H2,1-3H3. The molecule has 2 N–H and O–H groups in total. The van der Waals surface area contributed by atoms with Crippen LogP contribution < -0.4 is 5.73 Å². The molecule has 2 rings (SSSR count). The van der Waals surface area contributed by atoms with Crippen molar-refractivity contribution >= 4 is 0 Å². The third kappa shape index (κ3) is 2.62. The first kappa shape index (κ1) is 12.8. The van der Waals surface area contributed by atoms with Crippen LogP contribution in [0, 0.1) is 6.92 Å². The highest BCUT2D eigenvalue weighted by Crippen LogP contribution is 2.17. The highest BCUT2D eigenvalue weighted by molar-refractivity contribution is 5.36. The molecule has 0 saturated carbocycles. The summed E-state index contributed by atoms with van der Waals surface area (Å²) in [6.45, 7) is 7.10. The molecular formula is C15H21N3. The predicted molar refractivity (Wildman–Crippen MR) is 75.1 cm³/mol. The van der Waals surface area contributed by atoms with Crippen molar-refractivity contribution in [1.29, 1.82) is 0 Å². The Hall–Kier alpha value is -1.61. The summed E-state index contributed by atoms with van der Waals surface area (Å²) in [6, 6.07) is 8.57. The quantitative estimate of drug-likeness (QED) is 0.897. The monoisotopic (exact) mass is 243 g/mol. The van der Waals surface area contributed by atoms with Crippen LogP contribution in [-0.2, 0) is 6.42 Å². The molecule has 3 nitrogen and oxygen atoms in total. The second kappa shape index (κ2) is 5.36. The first-order valence-corrected chi connectivity index (χ1v) is 6.47. The van der Waals surface area contributed by atoms with Crippen LogP contribution in [0.4, 0.5) is 0 Å². The van der Waals surface area contributed by atoms with Gasteiger partial charge in [-0.15, -0.1) is 0 Å². The van der Waals surface area contributed by atoms with Gasteiger partial charge in [0.2, 0.25) is 0 Å². The second-order valence-corrected chi connectivity index (χ2v) is 4.97. The van der Waals surface area contributed by atoms with Crippen molar-refractivity contribution in [1.82, 2.24) is 9.78 Å². The Labute approximate surface area is 109 Å². The molecule has 0 spiro atoms. The summed E-state index contributed by atoms with van der Waals surface area (Å²) in [5.41, 5.74) is 10.3. The molecule has 0 amide bonds. The highest BCUT2D eigenvalue weighted by atomic mass is 15.3. The smallest absolute Gasteiger partial charge is 0.0645 e. The number of rotatable bonds is 4. The normalized spacial score (nSPS) is 11.2. The summed E-state index contributed by atoms with van der Waals surface area (Å²) in [4.78, 5) is 0. The van der Waals surface area contributed by atoms with Crippen molar-refractivity contribution in [2.24, 2.45) is 5.73 Å². The summed E-state index contributed by atoms with van der Waals surface area (Å²) in [7, 11) is 0. The Bertz CT molecular complexity index is 509. The maximum Gasteiger partial charge on any atom is 0.0645 e. The molecule has 2 aromatic rings. The van der Waals surface area contributed by atoms with Crippen LogP contribution in [0.1, 0.15) is 36.6 Å². The van der Waals surface area contributed by atoms with E-state index in [1.54, 1.807) is 0 Å². The largest absolute Gasteiger partial charge is 0.330 e. The molecule has 0 bridgehead atoms. The first-order valence-electron chi connectivity index (χ1n) is 6.47. The van der Waals surface area contributed by atoms with Crippen LogP contribution in [-0.4, -0.2) is 16.3 Å². The van der Waals surface area contributed by atoms with Crippen LogP contribution >= 0.6 is 0 Å². The van der Waals surface area contributed by atoms with Gasteiger partial charge in [-0.05, 0) is 49.1 Å². The Morgan fingerprint density at radius 2 is 1.89 bits per heavy atom. The third-order valence-electron chi connectivity index (χ3n) is 3.24. The fourth-order valence-electron chi connectivity index (χ4n) is 2.04. The van der Waals surface area contributed by atoms with Gasteiger partial charge in [0.1, 0.15) is 0 Å². The number of aryl methyl sites for hydroxylation is 1. The predicted octanol–water partition coefficient (Wildman–Crippen LogP) is 2.81. The second-order valence-electron chi connectivity index (χ2n) is 4.97. The fourth-order valence-corrected chi connectivity index (χ4v) is 2.04. The SMILES string of the molecule is Cc1nn(-c2ccc(C(C)C)cc2)cc1CCN. The molecule has 1 aromatic carbocycles. The fraction of sp³-hybridized carbons (Fsp3) is 0.400. The van der Waals surface area contributed by atoms with Gasteiger partial charge in [-0.3, -0.25) is 0 Å². The Kier molecular flexibility index (Phi) is 3.82. The lowest BCUT2D eigenvalue weighted by atomic mass is 10.0. The molecule has 0 saturated heterocycles. The van der Waals surface area contributed by atoms with Gasteiger partial charge in [0, 0.05) is 6.20 Å². The molecule has 0 atom stereocenters. The first-order chi connectivity index (χ1) is 8.61. The van der Waals surface area contributed by atoms with Gasteiger partial charge >= 0.3 is 0 Å². The molecule has 3 heteroatoms. The summed E-state index contributed by atoms with van der Waals surface area (Å²) < 4.78 is 1.93. The minimum absolute atomic E-state index is 0.561. The number of nitrogens with zero attached hydrogens (tertiary/aromatic N) is 2. The average molecular weight is 243 g/mol. The van der Waals surface area contributed by atoms with E-state index in [-0.39, 0.29) is 0 Å². The minimum Gasteiger partial charge on any atom is -0.330 e. The van der Waals surface area contributed by atoms with Crippen molar-refractivity contribution in [3.05, 3.63) is 47.3 Å². The van der Waals surface area contributed by atoms with E-state index in [9.17, 15) is 0 Å². The van der Waals surface area contributed by atoms with Crippen molar-refractivity contribution in [3.63, 3.8) is 0 Å². The van der Waals surface area contributed by atoms with Gasteiger partial charge < -0.3 is 5.73 Å². The van der Waals surface area contributed by atoms with E-state index in [0.29, 0.717) is 12.5 Å².